The second-order valence-electron chi connectivity index (χ2n) is 3.59. The number of benzene rings is 1. The van der Waals surface area contributed by atoms with Crippen molar-refractivity contribution < 1.29 is 0 Å². The Morgan fingerprint density at radius 2 is 1.69 bits per heavy atom. The molecule has 1 heterocycles. The van der Waals surface area contributed by atoms with Crippen molar-refractivity contribution in [3.8, 4) is 0 Å². The Bertz CT molecular complexity index is 460. The highest BCUT2D eigenvalue weighted by Gasteiger charge is 1.90. The topological polar surface area (TPSA) is 37.6 Å². The fraction of sp³-hybridized carbons (Fsp3) is 0.154. The first-order chi connectivity index (χ1) is 7.84. The summed E-state index contributed by atoms with van der Waals surface area (Å²) in [4.78, 5) is 3.95. The summed E-state index contributed by atoms with van der Waals surface area (Å²) >= 11 is 0. The van der Waals surface area contributed by atoms with Crippen LogP contribution in [0.15, 0.2) is 59.0 Å². The van der Waals surface area contributed by atoms with Gasteiger partial charge in [0.25, 0.3) is 0 Å². The number of aromatic nitrogens is 1. The van der Waals surface area contributed by atoms with Crippen molar-refractivity contribution in [2.75, 3.05) is 0 Å². The first-order valence-corrected chi connectivity index (χ1v) is 5.18. The van der Waals surface area contributed by atoms with Crippen molar-refractivity contribution in [2.24, 2.45) is 10.2 Å². The van der Waals surface area contributed by atoms with Gasteiger partial charge in [-0.05, 0) is 36.8 Å². The molecule has 0 unspecified atom stereocenters. The zero-order chi connectivity index (χ0) is 11.2. The predicted octanol–water partition coefficient (Wildman–Crippen LogP) is 3.67. The molecular formula is C13H13N3. The van der Waals surface area contributed by atoms with Gasteiger partial charge in [-0.3, -0.25) is 4.98 Å². The van der Waals surface area contributed by atoms with Crippen LogP contribution in [-0.4, -0.2) is 4.98 Å². The molecule has 1 aromatic heterocycles. The lowest BCUT2D eigenvalue weighted by atomic mass is 10.2. The molecule has 0 saturated heterocycles. The summed E-state index contributed by atoms with van der Waals surface area (Å²) in [7, 11) is 0. The predicted molar refractivity (Wildman–Crippen MR) is 63.6 cm³/mol. The van der Waals surface area contributed by atoms with E-state index in [1.807, 2.05) is 36.4 Å². The van der Waals surface area contributed by atoms with Crippen molar-refractivity contribution in [1.82, 2.24) is 4.98 Å². The molecule has 3 nitrogen and oxygen atoms in total. The molecule has 2 rings (SSSR count). The van der Waals surface area contributed by atoms with E-state index in [9.17, 15) is 0 Å². The van der Waals surface area contributed by atoms with Crippen LogP contribution in [-0.2, 0) is 6.54 Å². The van der Waals surface area contributed by atoms with E-state index in [-0.39, 0.29) is 0 Å². The minimum Gasteiger partial charge on any atom is -0.265 e. The Morgan fingerprint density at radius 1 is 1.00 bits per heavy atom. The van der Waals surface area contributed by atoms with Crippen molar-refractivity contribution in [3.05, 3.63) is 59.9 Å². The smallest absolute Gasteiger partial charge is 0.0854 e. The van der Waals surface area contributed by atoms with Crippen LogP contribution < -0.4 is 0 Å². The van der Waals surface area contributed by atoms with E-state index in [4.69, 9.17) is 0 Å². The van der Waals surface area contributed by atoms with Gasteiger partial charge in [0.1, 0.15) is 0 Å². The fourth-order valence-corrected chi connectivity index (χ4v) is 1.30. The summed E-state index contributed by atoms with van der Waals surface area (Å²) < 4.78 is 0. The lowest BCUT2D eigenvalue weighted by molar-refractivity contribution is 0.954. The molecule has 0 atom stereocenters. The number of rotatable bonds is 3. The van der Waals surface area contributed by atoms with Gasteiger partial charge in [0, 0.05) is 12.4 Å². The lowest BCUT2D eigenvalue weighted by Gasteiger charge is -1.95. The van der Waals surface area contributed by atoms with Gasteiger partial charge in [-0.1, -0.05) is 17.7 Å². The van der Waals surface area contributed by atoms with Crippen LogP contribution >= 0.6 is 0 Å². The molecule has 0 saturated carbocycles. The van der Waals surface area contributed by atoms with Crippen molar-refractivity contribution in [2.45, 2.75) is 13.5 Å². The average molecular weight is 211 g/mol. The number of azo groups is 1. The second kappa shape index (κ2) is 5.16. The van der Waals surface area contributed by atoms with E-state index in [1.54, 1.807) is 12.4 Å². The maximum atomic E-state index is 4.15. The Labute approximate surface area is 94.9 Å². The van der Waals surface area contributed by atoms with Gasteiger partial charge in [-0.25, -0.2) is 0 Å². The third-order valence-electron chi connectivity index (χ3n) is 2.22. The Kier molecular flexibility index (Phi) is 3.38. The van der Waals surface area contributed by atoms with Crippen LogP contribution in [0.2, 0.25) is 0 Å². The molecule has 0 aliphatic rings. The zero-order valence-corrected chi connectivity index (χ0v) is 9.17. The van der Waals surface area contributed by atoms with Gasteiger partial charge < -0.3 is 0 Å². The minimum absolute atomic E-state index is 0.594. The van der Waals surface area contributed by atoms with Crippen LogP contribution in [0.5, 0.6) is 0 Å². The van der Waals surface area contributed by atoms with E-state index in [0.717, 1.165) is 11.3 Å². The second-order valence-corrected chi connectivity index (χ2v) is 3.59. The summed E-state index contributed by atoms with van der Waals surface area (Å²) in [6.07, 6.45) is 3.52. The molecule has 2 aromatic rings. The highest BCUT2D eigenvalue weighted by atomic mass is 15.1. The quantitative estimate of drug-likeness (QED) is 0.713. The van der Waals surface area contributed by atoms with Crippen LogP contribution in [0.4, 0.5) is 5.69 Å². The van der Waals surface area contributed by atoms with Gasteiger partial charge >= 0.3 is 0 Å². The van der Waals surface area contributed by atoms with Crippen molar-refractivity contribution in [1.29, 1.82) is 0 Å². The molecule has 0 aliphatic carbocycles. The maximum absolute atomic E-state index is 4.15. The van der Waals surface area contributed by atoms with Crippen LogP contribution in [0.1, 0.15) is 11.1 Å². The van der Waals surface area contributed by atoms with Crippen molar-refractivity contribution in [3.63, 3.8) is 0 Å². The van der Waals surface area contributed by atoms with Gasteiger partial charge in [0.2, 0.25) is 0 Å². The number of hydrogen-bond donors (Lipinski definition) is 0. The van der Waals surface area contributed by atoms with Gasteiger partial charge in [-0.15, -0.1) is 0 Å². The van der Waals surface area contributed by atoms with E-state index in [0.29, 0.717) is 6.54 Å². The molecule has 3 heteroatoms. The highest BCUT2D eigenvalue weighted by Crippen LogP contribution is 2.13. The number of nitrogens with zero attached hydrogens (tertiary/aromatic N) is 3. The molecule has 0 N–H and O–H groups in total. The molecule has 1 aromatic carbocycles. The molecule has 0 amide bonds. The molecule has 80 valence electrons. The average Bonchev–Trinajstić information content (AvgIpc) is 2.33. The van der Waals surface area contributed by atoms with Gasteiger partial charge in [0.15, 0.2) is 0 Å². The third kappa shape index (κ3) is 2.98. The summed E-state index contributed by atoms with van der Waals surface area (Å²) in [5.74, 6) is 0. The lowest BCUT2D eigenvalue weighted by Crippen LogP contribution is -1.79. The highest BCUT2D eigenvalue weighted by molar-refractivity contribution is 5.37. The van der Waals surface area contributed by atoms with Crippen molar-refractivity contribution >= 4 is 5.69 Å². The Balaban J connectivity index is 1.98. The zero-order valence-electron chi connectivity index (χ0n) is 9.17. The van der Waals surface area contributed by atoms with Crippen LogP contribution in [0.25, 0.3) is 0 Å². The third-order valence-corrected chi connectivity index (χ3v) is 2.22. The standard InChI is InChI=1S/C13H13N3/c1-11-2-4-13(5-3-11)16-15-10-12-6-8-14-9-7-12/h2-9H,10H2,1H3. The Morgan fingerprint density at radius 3 is 2.38 bits per heavy atom. The summed E-state index contributed by atoms with van der Waals surface area (Å²) in [5, 5.41) is 8.29. The monoisotopic (exact) mass is 211 g/mol. The molecule has 0 spiro atoms. The number of hydrogen-bond acceptors (Lipinski definition) is 3. The number of aryl methyl sites for hydroxylation is 1. The SMILES string of the molecule is Cc1ccc(N=NCc2ccncc2)cc1. The number of pyridine rings is 1. The van der Waals surface area contributed by atoms with E-state index >= 15 is 0 Å². The van der Waals surface area contributed by atoms with E-state index in [2.05, 4.69) is 22.1 Å². The van der Waals surface area contributed by atoms with E-state index < -0.39 is 0 Å². The van der Waals surface area contributed by atoms with Crippen LogP contribution in [0.3, 0.4) is 0 Å². The molecule has 0 bridgehead atoms. The normalized spacial score (nSPS) is 10.8. The van der Waals surface area contributed by atoms with E-state index in [1.165, 1.54) is 5.56 Å². The van der Waals surface area contributed by atoms with Gasteiger partial charge in [-0.2, -0.15) is 10.2 Å². The first-order valence-electron chi connectivity index (χ1n) is 5.18. The molecule has 16 heavy (non-hydrogen) atoms. The maximum Gasteiger partial charge on any atom is 0.0854 e. The molecule has 0 aliphatic heterocycles. The summed E-state index contributed by atoms with van der Waals surface area (Å²) in [6.45, 7) is 2.65. The fourth-order valence-electron chi connectivity index (χ4n) is 1.30. The minimum atomic E-state index is 0.594. The largest absolute Gasteiger partial charge is 0.265 e. The Hall–Kier alpha value is -2.03. The first kappa shape index (κ1) is 10.5. The molecule has 0 radical (unpaired) electrons. The van der Waals surface area contributed by atoms with Gasteiger partial charge in [0.05, 0.1) is 12.2 Å². The summed E-state index contributed by atoms with van der Waals surface area (Å²) in [5.41, 5.74) is 3.23. The molecular weight excluding hydrogens is 198 g/mol. The van der Waals surface area contributed by atoms with Crippen LogP contribution in [0, 0.1) is 6.92 Å². The molecule has 0 fully saturated rings. The summed E-state index contributed by atoms with van der Waals surface area (Å²) in [6, 6.07) is 11.9.